The van der Waals surface area contributed by atoms with E-state index in [9.17, 15) is 0 Å². The maximum Gasteiger partial charge on any atom is 0.123 e. The van der Waals surface area contributed by atoms with E-state index in [1.165, 1.54) is 0 Å². The fourth-order valence-corrected chi connectivity index (χ4v) is 3.01. The molecule has 3 aromatic rings. The lowest BCUT2D eigenvalue weighted by molar-refractivity contribution is 0.856. The van der Waals surface area contributed by atoms with E-state index >= 15 is 0 Å². The fourth-order valence-electron chi connectivity index (χ4n) is 2.37. The number of nitrogens with zero attached hydrogens (tertiary/aromatic N) is 3. The second kappa shape index (κ2) is 6.04. The molecule has 5 heteroatoms. The van der Waals surface area contributed by atoms with E-state index in [0.29, 0.717) is 12.2 Å². The molecule has 22 heavy (non-hydrogen) atoms. The molecule has 0 saturated heterocycles. The lowest BCUT2D eigenvalue weighted by Gasteiger charge is -2.08. The highest BCUT2D eigenvalue weighted by Gasteiger charge is 2.08. The van der Waals surface area contributed by atoms with E-state index in [1.54, 1.807) is 11.3 Å². The van der Waals surface area contributed by atoms with E-state index in [0.717, 1.165) is 27.5 Å². The first-order chi connectivity index (χ1) is 10.7. The fraction of sp³-hybridized carbons (Fsp3) is 0.176. The Morgan fingerprint density at radius 2 is 2.23 bits per heavy atom. The highest BCUT2D eigenvalue weighted by atomic mass is 32.1. The lowest BCUT2D eigenvalue weighted by Crippen LogP contribution is -2.01. The highest BCUT2D eigenvalue weighted by molar-refractivity contribution is 7.13. The molecule has 0 atom stereocenters. The smallest absolute Gasteiger partial charge is 0.123 e. The molecule has 0 amide bonds. The van der Waals surface area contributed by atoms with Crippen molar-refractivity contribution in [2.75, 3.05) is 5.32 Å². The molecular formula is C17H16N4S. The normalized spacial score (nSPS) is 10.4. The van der Waals surface area contributed by atoms with E-state index < -0.39 is 0 Å². The number of thiazole rings is 1. The molecule has 0 spiro atoms. The number of nitrogens with one attached hydrogen (secondary N) is 1. The average Bonchev–Trinajstić information content (AvgIpc) is 3.16. The third-order valence-electron chi connectivity index (χ3n) is 3.78. The molecule has 3 rings (SSSR count). The van der Waals surface area contributed by atoms with Gasteiger partial charge in [0.15, 0.2) is 0 Å². The molecule has 1 aromatic carbocycles. The Kier molecular flexibility index (Phi) is 3.94. The number of benzene rings is 1. The quantitative estimate of drug-likeness (QED) is 0.794. The van der Waals surface area contributed by atoms with Gasteiger partial charge in [0.25, 0.3) is 0 Å². The number of aromatic nitrogens is 2. The molecule has 110 valence electrons. The number of anilines is 1. The van der Waals surface area contributed by atoms with E-state index in [2.05, 4.69) is 28.5 Å². The topological polar surface area (TPSA) is 53.6 Å². The van der Waals surface area contributed by atoms with Crippen LogP contribution in [0.4, 0.5) is 5.69 Å². The minimum Gasteiger partial charge on any atom is -0.381 e. The summed E-state index contributed by atoms with van der Waals surface area (Å²) in [6, 6.07) is 12.4. The molecule has 0 bridgehead atoms. The third-order valence-corrected chi connectivity index (χ3v) is 4.60. The summed E-state index contributed by atoms with van der Waals surface area (Å²) in [5, 5.41) is 15.5. The second-order valence-electron chi connectivity index (χ2n) is 5.08. The van der Waals surface area contributed by atoms with Crippen LogP contribution in [0.3, 0.4) is 0 Å². The zero-order chi connectivity index (χ0) is 15.5. The monoisotopic (exact) mass is 308 g/mol. The van der Waals surface area contributed by atoms with E-state index in [-0.39, 0.29) is 0 Å². The van der Waals surface area contributed by atoms with Crippen molar-refractivity contribution in [3.63, 3.8) is 0 Å². The minimum absolute atomic E-state index is 0.686. The largest absolute Gasteiger partial charge is 0.381 e. The maximum atomic E-state index is 9.09. The van der Waals surface area contributed by atoms with Gasteiger partial charge in [0.1, 0.15) is 16.8 Å². The average molecular weight is 308 g/mol. The first-order valence-corrected chi connectivity index (χ1v) is 7.86. The van der Waals surface area contributed by atoms with Crippen molar-refractivity contribution in [2.24, 2.45) is 7.05 Å². The first-order valence-electron chi connectivity index (χ1n) is 6.98. The van der Waals surface area contributed by atoms with Gasteiger partial charge in [0.05, 0.1) is 0 Å². The molecule has 2 heterocycles. The minimum atomic E-state index is 0.686. The van der Waals surface area contributed by atoms with Gasteiger partial charge in [-0.15, -0.1) is 11.3 Å². The predicted octanol–water partition coefficient (Wildman–Crippen LogP) is 3.94. The Bertz CT molecular complexity index is 825. The lowest BCUT2D eigenvalue weighted by atomic mass is 10.2. The molecule has 0 aliphatic rings. The Morgan fingerprint density at radius 3 is 2.91 bits per heavy atom. The van der Waals surface area contributed by atoms with Crippen LogP contribution < -0.4 is 5.32 Å². The van der Waals surface area contributed by atoms with E-state index in [4.69, 9.17) is 5.26 Å². The summed E-state index contributed by atoms with van der Waals surface area (Å²) >= 11 is 1.63. The highest BCUT2D eigenvalue weighted by Crippen LogP contribution is 2.25. The van der Waals surface area contributed by atoms with Crippen molar-refractivity contribution in [3.05, 3.63) is 58.9 Å². The van der Waals surface area contributed by atoms with Gasteiger partial charge in [-0.2, -0.15) is 5.26 Å². The van der Waals surface area contributed by atoms with Gasteiger partial charge in [-0.05, 0) is 30.7 Å². The maximum absolute atomic E-state index is 9.09. The van der Waals surface area contributed by atoms with Crippen molar-refractivity contribution in [1.29, 1.82) is 5.26 Å². The first kappa shape index (κ1) is 14.4. The van der Waals surface area contributed by atoms with Crippen LogP contribution >= 0.6 is 11.3 Å². The summed E-state index contributed by atoms with van der Waals surface area (Å²) in [5.74, 6) is 0. The summed E-state index contributed by atoms with van der Waals surface area (Å²) in [6.45, 7) is 2.73. The van der Waals surface area contributed by atoms with Crippen LogP contribution in [-0.2, 0) is 13.6 Å². The Balaban J connectivity index is 1.78. The molecule has 0 aliphatic heterocycles. The van der Waals surface area contributed by atoms with Crippen LogP contribution in [-0.4, -0.2) is 9.55 Å². The summed E-state index contributed by atoms with van der Waals surface area (Å²) in [7, 11) is 1.92. The van der Waals surface area contributed by atoms with Gasteiger partial charge in [-0.1, -0.05) is 12.1 Å². The molecule has 0 radical (unpaired) electrons. The van der Waals surface area contributed by atoms with Gasteiger partial charge >= 0.3 is 0 Å². The van der Waals surface area contributed by atoms with Crippen LogP contribution in [0.1, 0.15) is 17.0 Å². The van der Waals surface area contributed by atoms with Crippen molar-refractivity contribution in [1.82, 2.24) is 9.55 Å². The van der Waals surface area contributed by atoms with Crippen LogP contribution in [0.15, 0.2) is 41.9 Å². The van der Waals surface area contributed by atoms with Gasteiger partial charge in [-0.25, -0.2) is 4.98 Å². The van der Waals surface area contributed by atoms with E-state index in [1.807, 2.05) is 48.3 Å². The van der Waals surface area contributed by atoms with Gasteiger partial charge in [0, 0.05) is 42.1 Å². The molecule has 0 aliphatic carbocycles. The number of hydrogen-bond acceptors (Lipinski definition) is 4. The van der Waals surface area contributed by atoms with Crippen LogP contribution in [0, 0.1) is 18.3 Å². The van der Waals surface area contributed by atoms with Gasteiger partial charge < -0.3 is 9.88 Å². The summed E-state index contributed by atoms with van der Waals surface area (Å²) in [5.41, 5.74) is 5.10. The number of rotatable bonds is 4. The van der Waals surface area contributed by atoms with Crippen LogP contribution in [0.5, 0.6) is 0 Å². The molecule has 1 N–H and O–H groups in total. The van der Waals surface area contributed by atoms with Crippen molar-refractivity contribution < 1.29 is 0 Å². The van der Waals surface area contributed by atoms with Crippen molar-refractivity contribution in [3.8, 4) is 16.6 Å². The molecule has 0 unspecified atom stereocenters. The molecule has 0 fully saturated rings. The number of nitriles is 1. The van der Waals surface area contributed by atoms with Crippen LogP contribution in [0.2, 0.25) is 0 Å². The Hall–Kier alpha value is -2.58. The molecule has 0 saturated carbocycles. The van der Waals surface area contributed by atoms with Crippen molar-refractivity contribution in [2.45, 2.75) is 13.5 Å². The SMILES string of the molecule is Cc1c(CNc2cccc(-c3nccs3)c2)cc(C#N)n1C. The van der Waals surface area contributed by atoms with Crippen molar-refractivity contribution >= 4 is 17.0 Å². The standard InChI is InChI=1S/C17H16N4S/c1-12-14(9-16(10-18)21(12)2)11-20-15-5-3-4-13(8-15)17-19-6-7-22-17/h3-9,20H,11H2,1-2H3. The second-order valence-corrected chi connectivity index (χ2v) is 5.98. The molecule has 4 nitrogen and oxygen atoms in total. The summed E-state index contributed by atoms with van der Waals surface area (Å²) < 4.78 is 1.92. The summed E-state index contributed by atoms with van der Waals surface area (Å²) in [6.07, 6.45) is 1.82. The number of hydrogen-bond donors (Lipinski definition) is 1. The van der Waals surface area contributed by atoms with Crippen LogP contribution in [0.25, 0.3) is 10.6 Å². The van der Waals surface area contributed by atoms with Gasteiger partial charge in [-0.3, -0.25) is 0 Å². The molecule has 2 aromatic heterocycles. The Labute approximate surface area is 133 Å². The van der Waals surface area contributed by atoms with Gasteiger partial charge in [0.2, 0.25) is 0 Å². The third kappa shape index (κ3) is 2.74. The summed E-state index contributed by atoms with van der Waals surface area (Å²) in [4.78, 5) is 4.34. The predicted molar refractivity (Wildman–Crippen MR) is 89.7 cm³/mol. The zero-order valence-corrected chi connectivity index (χ0v) is 13.3. The molecular weight excluding hydrogens is 292 g/mol. The Morgan fingerprint density at radius 1 is 1.36 bits per heavy atom. The zero-order valence-electron chi connectivity index (χ0n) is 12.5.